The van der Waals surface area contributed by atoms with Gasteiger partial charge in [-0.2, -0.15) is 0 Å². The number of ether oxygens (including phenoxy) is 16. The molecule has 7 aromatic carbocycles. The highest BCUT2D eigenvalue weighted by molar-refractivity contribution is 5.66. The summed E-state index contributed by atoms with van der Waals surface area (Å²) < 4.78 is 112. The van der Waals surface area contributed by atoms with Crippen LogP contribution in [-0.2, 0) is 127 Å². The zero-order valence-electron chi connectivity index (χ0n) is 55.1. The van der Waals surface area contributed by atoms with E-state index in [9.17, 15) is 9.90 Å². The quantitative estimate of drug-likeness (QED) is 0.0319. The molecule has 0 radical (unpaired) electrons. The van der Waals surface area contributed by atoms with Crippen molar-refractivity contribution in [3.63, 3.8) is 0 Å². The molecule has 0 aromatic heterocycles. The molecule has 4 aliphatic heterocycles. The Morgan fingerprint density at radius 1 is 0.333 bits per heavy atom. The lowest BCUT2D eigenvalue weighted by atomic mass is 9.95. The molecule has 0 bridgehead atoms. The molecule has 0 aliphatic carbocycles. The van der Waals surface area contributed by atoms with E-state index in [1.807, 2.05) is 240 Å². The topological polar surface area (TPSA) is 185 Å². The first-order chi connectivity index (χ1) is 47.0. The third kappa shape index (κ3) is 19.1. The van der Waals surface area contributed by atoms with Crippen molar-refractivity contribution in [1.29, 1.82) is 0 Å². The molecule has 0 amide bonds. The van der Waals surface area contributed by atoms with Gasteiger partial charge in [-0.3, -0.25) is 4.79 Å². The number of hydrogen-bond donors (Lipinski definition) is 1. The summed E-state index contributed by atoms with van der Waals surface area (Å²) >= 11 is 0. The second kappa shape index (κ2) is 35.6. The highest BCUT2D eigenvalue weighted by atomic mass is 16.8. The summed E-state index contributed by atoms with van der Waals surface area (Å²) in [6.07, 6.45) is -19.8. The minimum Gasteiger partial charge on any atom is -0.454 e. The van der Waals surface area contributed by atoms with Gasteiger partial charge in [-0.25, -0.2) is 0 Å². The molecule has 0 unspecified atom stereocenters. The Hall–Kier alpha value is -6.89. The number of aliphatic hydroxyl groups excluding tert-OH is 1. The Morgan fingerprint density at radius 2 is 0.583 bits per heavy atom. The second-order valence-corrected chi connectivity index (χ2v) is 24.7. The van der Waals surface area contributed by atoms with Crippen molar-refractivity contribution in [1.82, 2.24) is 0 Å². The van der Waals surface area contributed by atoms with Crippen molar-refractivity contribution in [2.45, 2.75) is 204 Å². The zero-order valence-corrected chi connectivity index (χ0v) is 55.1. The average Bonchev–Trinajstić information content (AvgIpc) is 0.768. The smallest absolute Gasteiger partial charge is 0.303 e. The number of benzene rings is 7. The lowest BCUT2D eigenvalue weighted by molar-refractivity contribution is -0.411. The number of hydrogen-bond acceptors (Lipinski definition) is 18. The Bertz CT molecular complexity index is 3360. The van der Waals surface area contributed by atoms with Gasteiger partial charge in [0.2, 0.25) is 0 Å². The van der Waals surface area contributed by atoms with Crippen molar-refractivity contribution in [2.75, 3.05) is 6.61 Å². The van der Waals surface area contributed by atoms with E-state index < -0.39 is 129 Å². The average molecular weight is 1320 g/mol. The largest absolute Gasteiger partial charge is 0.454 e. The molecule has 4 aliphatic rings. The highest BCUT2D eigenvalue weighted by Gasteiger charge is 2.58. The Labute approximate surface area is 563 Å². The molecule has 18 nitrogen and oxygen atoms in total. The molecule has 4 heterocycles. The standard InChI is InChI=1S/C78H90O18/c1-7-43-81-69-65(84-46-58-33-19-10-20-34-58)53(4)91-77(73(69)93-55(6)79)94-70-66(85-47-59-35-21-11-22-36-59)54(5)92-78(95-71-67(86-48-60-37-23-12-24-38-60)63(51(2)89-75(71)80)82-44-56-29-15-8-16-30-56)74(70)96-76-72(88-50-62-41-27-14-28-42-62)68(87-49-61-39-25-13-26-40-61)64(52(3)90-76)83-45-57-31-17-9-18-32-57/h7-42,51-54,63-78,80H,1,43-50H2,2-6H3/t51-,52+,53-,54-,63-,64+,65-,66-,67+,68-,69+,70+,71-,72-,73-,74-,75-,76+,77+,78+/m1/s1. The highest BCUT2D eigenvalue weighted by Crippen LogP contribution is 2.41. The van der Waals surface area contributed by atoms with Crippen molar-refractivity contribution >= 4 is 5.97 Å². The van der Waals surface area contributed by atoms with E-state index in [1.165, 1.54) is 6.92 Å². The summed E-state index contributed by atoms with van der Waals surface area (Å²) in [5.41, 5.74) is 6.28. The van der Waals surface area contributed by atoms with E-state index in [1.54, 1.807) is 6.08 Å². The molecule has 0 spiro atoms. The predicted molar refractivity (Wildman–Crippen MR) is 355 cm³/mol. The maximum absolute atomic E-state index is 13.6. The number of carbonyl (C=O) groups is 1. The number of carbonyl (C=O) groups excluding carboxylic acids is 1. The van der Waals surface area contributed by atoms with Gasteiger partial charge < -0.3 is 80.9 Å². The lowest BCUT2D eigenvalue weighted by Crippen LogP contribution is -2.68. The fraction of sp³-hybridized carbons (Fsp3) is 0.423. The molecule has 0 saturated carbocycles. The van der Waals surface area contributed by atoms with Crippen LogP contribution in [0.3, 0.4) is 0 Å². The molecule has 1 N–H and O–H groups in total. The third-order valence-corrected chi connectivity index (χ3v) is 17.5. The van der Waals surface area contributed by atoms with Crippen LogP contribution < -0.4 is 0 Å². The fourth-order valence-corrected chi connectivity index (χ4v) is 12.7. The molecule has 510 valence electrons. The SMILES string of the molecule is C=CCO[C@@H]1[C@@H](OC(C)=O)[C@H](O[C@@H]2[C@@H](O[C@@H]3O[C@@H](C)[C@H](OCc4ccccc4)[C@@H](OCc4ccccc4)[C@H]3OCc3ccccc3)[C@H](O[C@@H]3[C@@H](OCc4ccccc4)[C@H](OCc4ccccc4)[C@@H](C)O[C@H]3O)O[C@H](C)[C@H]2OCc2ccccc2)O[C@H](C)[C@H]1OCc1ccccc1. The van der Waals surface area contributed by atoms with Gasteiger partial charge in [0.25, 0.3) is 0 Å². The summed E-state index contributed by atoms with van der Waals surface area (Å²) in [7, 11) is 0. The van der Waals surface area contributed by atoms with Crippen molar-refractivity contribution < 1.29 is 85.7 Å². The first kappa shape index (κ1) is 70.4. The second-order valence-electron chi connectivity index (χ2n) is 24.7. The summed E-state index contributed by atoms with van der Waals surface area (Å²) in [6, 6.07) is 68.5. The van der Waals surface area contributed by atoms with Crippen molar-refractivity contribution in [3.05, 3.63) is 264 Å². The number of rotatable bonds is 31. The molecule has 7 aromatic rings. The predicted octanol–water partition coefficient (Wildman–Crippen LogP) is 11.7. The molecule has 4 saturated heterocycles. The van der Waals surface area contributed by atoms with Crippen LogP contribution in [-0.4, -0.2) is 141 Å². The van der Waals surface area contributed by atoms with Gasteiger partial charge in [0.05, 0.1) is 77.3 Å². The molecular formula is C78H90O18. The van der Waals surface area contributed by atoms with Crippen LogP contribution in [0.4, 0.5) is 0 Å². The van der Waals surface area contributed by atoms with Crippen LogP contribution in [0.1, 0.15) is 73.6 Å². The summed E-state index contributed by atoms with van der Waals surface area (Å²) in [6.45, 7) is 13.9. The lowest BCUT2D eigenvalue weighted by Gasteiger charge is -2.52. The van der Waals surface area contributed by atoms with Crippen LogP contribution in [0.5, 0.6) is 0 Å². The molecule has 4 fully saturated rings. The molecule has 18 heteroatoms. The van der Waals surface area contributed by atoms with E-state index in [4.69, 9.17) is 75.8 Å². The molecule has 20 atom stereocenters. The van der Waals surface area contributed by atoms with E-state index >= 15 is 0 Å². The van der Waals surface area contributed by atoms with Gasteiger partial charge in [0, 0.05) is 6.92 Å². The Balaban J connectivity index is 1.03. The monoisotopic (exact) mass is 1310 g/mol. The summed E-state index contributed by atoms with van der Waals surface area (Å²) in [4.78, 5) is 13.6. The van der Waals surface area contributed by atoms with Gasteiger partial charge in [0.1, 0.15) is 67.1 Å². The first-order valence-corrected chi connectivity index (χ1v) is 33.2. The molecular weight excluding hydrogens is 1220 g/mol. The number of esters is 1. The van der Waals surface area contributed by atoms with E-state index in [0.29, 0.717) is 0 Å². The fourth-order valence-electron chi connectivity index (χ4n) is 12.7. The third-order valence-electron chi connectivity index (χ3n) is 17.5. The van der Waals surface area contributed by atoms with Gasteiger partial charge in [-0.1, -0.05) is 218 Å². The molecule has 11 rings (SSSR count). The van der Waals surface area contributed by atoms with Crippen molar-refractivity contribution in [2.24, 2.45) is 0 Å². The van der Waals surface area contributed by atoms with E-state index in [0.717, 1.165) is 38.9 Å². The van der Waals surface area contributed by atoms with Crippen molar-refractivity contribution in [3.8, 4) is 0 Å². The van der Waals surface area contributed by atoms with Gasteiger partial charge in [-0.15, -0.1) is 6.58 Å². The van der Waals surface area contributed by atoms with Gasteiger partial charge in [0.15, 0.2) is 31.3 Å². The first-order valence-electron chi connectivity index (χ1n) is 33.2. The van der Waals surface area contributed by atoms with Gasteiger partial charge in [-0.05, 0) is 66.6 Å². The minimum atomic E-state index is -1.61. The summed E-state index contributed by atoms with van der Waals surface area (Å²) in [5, 5.41) is 12.5. The zero-order chi connectivity index (χ0) is 66.6. The van der Waals surface area contributed by atoms with E-state index in [2.05, 4.69) is 6.58 Å². The maximum Gasteiger partial charge on any atom is 0.303 e. The maximum atomic E-state index is 13.6. The normalized spacial score (nSPS) is 30.7. The van der Waals surface area contributed by atoms with E-state index in [-0.39, 0.29) is 52.9 Å². The molecule has 96 heavy (non-hydrogen) atoms. The van der Waals surface area contributed by atoms with Gasteiger partial charge >= 0.3 is 5.97 Å². The van der Waals surface area contributed by atoms with Crippen LogP contribution in [0.2, 0.25) is 0 Å². The van der Waals surface area contributed by atoms with Crippen LogP contribution >= 0.6 is 0 Å². The number of aliphatic hydroxyl groups is 1. The van der Waals surface area contributed by atoms with Crippen LogP contribution in [0.25, 0.3) is 0 Å². The Kier molecular flexibility index (Phi) is 26.1. The summed E-state index contributed by atoms with van der Waals surface area (Å²) in [5.74, 6) is -0.633. The minimum absolute atomic E-state index is 0.0605. The Morgan fingerprint density at radius 3 is 0.917 bits per heavy atom. The van der Waals surface area contributed by atoms with Crippen LogP contribution in [0, 0.1) is 0 Å². The van der Waals surface area contributed by atoms with Crippen LogP contribution in [0.15, 0.2) is 225 Å².